The summed E-state index contributed by atoms with van der Waals surface area (Å²) in [5, 5.41) is 2.76. The summed E-state index contributed by atoms with van der Waals surface area (Å²) in [6, 6.07) is 25.0. The van der Waals surface area contributed by atoms with Crippen molar-refractivity contribution in [3.05, 3.63) is 95.6 Å². The van der Waals surface area contributed by atoms with Gasteiger partial charge in [0.2, 0.25) is 0 Å². The van der Waals surface area contributed by atoms with Crippen molar-refractivity contribution in [1.29, 1.82) is 0 Å². The van der Waals surface area contributed by atoms with Crippen LogP contribution in [0.4, 0.5) is 5.69 Å². The summed E-state index contributed by atoms with van der Waals surface area (Å²) < 4.78 is 5.58. The van der Waals surface area contributed by atoms with E-state index in [0.717, 1.165) is 11.1 Å². The Morgan fingerprint density at radius 3 is 2.07 bits per heavy atom. The van der Waals surface area contributed by atoms with E-state index in [4.69, 9.17) is 4.74 Å². The van der Waals surface area contributed by atoms with Crippen LogP contribution in [-0.2, 0) is 17.9 Å². The first-order chi connectivity index (χ1) is 13.7. The van der Waals surface area contributed by atoms with Gasteiger partial charge >= 0.3 is 0 Å². The summed E-state index contributed by atoms with van der Waals surface area (Å²) >= 11 is 0. The molecule has 0 radical (unpaired) electrons. The third kappa shape index (κ3) is 3.88. The third-order valence-electron chi connectivity index (χ3n) is 4.59. The smallest absolute Gasteiger partial charge is 0.262 e. The standard InChI is InChI=1S/C23H20N2O3/c26-21-16-28-22-19(12-7-13-20(22)24-21)23(27)25(14-17-8-3-1-4-9-17)15-18-10-5-2-6-11-18/h1-13H,14-16H2,(H,24,26). The van der Waals surface area contributed by atoms with E-state index >= 15 is 0 Å². The molecule has 0 saturated carbocycles. The van der Waals surface area contributed by atoms with Crippen LogP contribution in [-0.4, -0.2) is 23.3 Å². The number of ether oxygens (including phenoxy) is 1. The average molecular weight is 372 g/mol. The van der Waals surface area contributed by atoms with Gasteiger partial charge in [-0.15, -0.1) is 0 Å². The minimum Gasteiger partial charge on any atom is -0.481 e. The van der Waals surface area contributed by atoms with Crippen molar-refractivity contribution in [1.82, 2.24) is 4.90 Å². The molecule has 3 aromatic rings. The lowest BCUT2D eigenvalue weighted by Crippen LogP contribution is -2.32. The topological polar surface area (TPSA) is 58.6 Å². The normalized spacial score (nSPS) is 12.5. The zero-order valence-electron chi connectivity index (χ0n) is 15.3. The number of amides is 2. The van der Waals surface area contributed by atoms with E-state index < -0.39 is 0 Å². The number of hydrogen-bond donors (Lipinski definition) is 1. The lowest BCUT2D eigenvalue weighted by Gasteiger charge is -2.26. The fraction of sp³-hybridized carbons (Fsp3) is 0.130. The van der Waals surface area contributed by atoms with Gasteiger partial charge in [0.05, 0.1) is 11.3 Å². The Kier molecular flexibility index (Phi) is 5.06. The Hall–Kier alpha value is -3.60. The second kappa shape index (κ2) is 7.96. The maximum absolute atomic E-state index is 13.4. The van der Waals surface area contributed by atoms with Gasteiger partial charge in [-0.25, -0.2) is 0 Å². The number of carbonyl (C=O) groups is 2. The van der Waals surface area contributed by atoms with Crippen LogP contribution >= 0.6 is 0 Å². The SMILES string of the molecule is O=C1COc2c(cccc2C(=O)N(Cc2ccccc2)Cc2ccccc2)N1. The number of carbonyl (C=O) groups excluding carboxylic acids is 2. The minimum absolute atomic E-state index is 0.0886. The van der Waals surface area contributed by atoms with E-state index in [1.807, 2.05) is 60.7 Å². The van der Waals surface area contributed by atoms with Crippen LogP contribution in [0.2, 0.25) is 0 Å². The summed E-state index contributed by atoms with van der Waals surface area (Å²) in [4.78, 5) is 26.8. The van der Waals surface area contributed by atoms with Gasteiger partial charge in [-0.05, 0) is 23.3 Å². The number of benzene rings is 3. The van der Waals surface area contributed by atoms with Crippen molar-refractivity contribution < 1.29 is 14.3 Å². The molecule has 3 aromatic carbocycles. The number of nitrogens with one attached hydrogen (secondary N) is 1. The third-order valence-corrected chi connectivity index (χ3v) is 4.59. The lowest BCUT2D eigenvalue weighted by atomic mass is 10.1. The van der Waals surface area contributed by atoms with Gasteiger partial charge in [0.1, 0.15) is 0 Å². The maximum Gasteiger partial charge on any atom is 0.262 e. The van der Waals surface area contributed by atoms with Gasteiger partial charge < -0.3 is 15.0 Å². The largest absolute Gasteiger partial charge is 0.481 e. The number of rotatable bonds is 5. The molecule has 0 bridgehead atoms. The molecular formula is C23H20N2O3. The van der Waals surface area contributed by atoms with Gasteiger partial charge in [0.15, 0.2) is 12.4 Å². The van der Waals surface area contributed by atoms with E-state index in [0.29, 0.717) is 30.1 Å². The fourth-order valence-electron chi connectivity index (χ4n) is 3.26. The van der Waals surface area contributed by atoms with E-state index in [1.54, 1.807) is 23.1 Å². The molecule has 1 aliphatic heterocycles. The van der Waals surface area contributed by atoms with Crippen LogP contribution in [0, 0.1) is 0 Å². The maximum atomic E-state index is 13.4. The monoisotopic (exact) mass is 372 g/mol. The number of para-hydroxylation sites is 1. The molecule has 2 amide bonds. The highest BCUT2D eigenvalue weighted by Gasteiger charge is 2.25. The molecule has 0 spiro atoms. The fourth-order valence-corrected chi connectivity index (χ4v) is 3.26. The second-order valence-electron chi connectivity index (χ2n) is 6.65. The number of anilines is 1. The van der Waals surface area contributed by atoms with Gasteiger partial charge in [-0.3, -0.25) is 9.59 Å². The van der Waals surface area contributed by atoms with Crippen molar-refractivity contribution in [3.63, 3.8) is 0 Å². The lowest BCUT2D eigenvalue weighted by molar-refractivity contribution is -0.118. The van der Waals surface area contributed by atoms with Gasteiger partial charge in [-0.2, -0.15) is 0 Å². The second-order valence-corrected chi connectivity index (χ2v) is 6.65. The molecule has 0 aromatic heterocycles. The summed E-state index contributed by atoms with van der Waals surface area (Å²) in [7, 11) is 0. The van der Waals surface area contributed by atoms with Crippen molar-refractivity contribution in [2.45, 2.75) is 13.1 Å². The molecule has 4 rings (SSSR count). The molecular weight excluding hydrogens is 352 g/mol. The number of hydrogen-bond acceptors (Lipinski definition) is 3. The summed E-state index contributed by atoms with van der Waals surface area (Å²) in [5.74, 6) is 0.0708. The molecule has 1 aliphatic rings. The first-order valence-electron chi connectivity index (χ1n) is 9.13. The molecule has 1 N–H and O–H groups in total. The summed E-state index contributed by atoms with van der Waals surface area (Å²) in [6.45, 7) is 0.865. The highest BCUT2D eigenvalue weighted by Crippen LogP contribution is 2.33. The molecule has 0 unspecified atom stereocenters. The minimum atomic E-state index is -0.220. The molecule has 0 atom stereocenters. The van der Waals surface area contributed by atoms with E-state index in [1.165, 1.54) is 0 Å². The molecule has 0 saturated heterocycles. The van der Waals surface area contributed by atoms with Gasteiger partial charge in [-0.1, -0.05) is 66.7 Å². The molecule has 28 heavy (non-hydrogen) atoms. The van der Waals surface area contributed by atoms with Crippen molar-refractivity contribution in [2.75, 3.05) is 11.9 Å². The van der Waals surface area contributed by atoms with Crippen molar-refractivity contribution in [3.8, 4) is 5.75 Å². The van der Waals surface area contributed by atoms with Crippen molar-refractivity contribution >= 4 is 17.5 Å². The van der Waals surface area contributed by atoms with Crippen LogP contribution in [0.25, 0.3) is 0 Å². The zero-order valence-corrected chi connectivity index (χ0v) is 15.3. The van der Waals surface area contributed by atoms with Crippen LogP contribution in [0.1, 0.15) is 21.5 Å². The van der Waals surface area contributed by atoms with Crippen molar-refractivity contribution in [2.24, 2.45) is 0 Å². The highest BCUT2D eigenvalue weighted by molar-refractivity contribution is 6.03. The summed E-state index contributed by atoms with van der Waals surface area (Å²) in [6.07, 6.45) is 0. The van der Waals surface area contributed by atoms with E-state index in [2.05, 4.69) is 5.32 Å². The Balaban J connectivity index is 1.67. The predicted octanol–water partition coefficient (Wildman–Crippen LogP) is 3.86. The number of nitrogens with zero attached hydrogens (tertiary/aromatic N) is 1. The average Bonchev–Trinajstić information content (AvgIpc) is 2.73. The Morgan fingerprint density at radius 2 is 1.46 bits per heavy atom. The highest BCUT2D eigenvalue weighted by atomic mass is 16.5. The Labute approximate surface area is 163 Å². The molecule has 0 aliphatic carbocycles. The quantitative estimate of drug-likeness (QED) is 0.740. The Bertz CT molecular complexity index is 946. The molecule has 0 fully saturated rings. The summed E-state index contributed by atoms with van der Waals surface area (Å²) in [5.41, 5.74) is 3.07. The molecule has 140 valence electrons. The van der Waals surface area contributed by atoms with Crippen LogP contribution in [0.3, 0.4) is 0 Å². The molecule has 5 nitrogen and oxygen atoms in total. The van der Waals surface area contributed by atoms with Crippen LogP contribution < -0.4 is 10.1 Å². The van der Waals surface area contributed by atoms with Gasteiger partial charge in [0, 0.05) is 13.1 Å². The number of fused-ring (bicyclic) bond motifs is 1. The zero-order chi connectivity index (χ0) is 19.3. The van der Waals surface area contributed by atoms with E-state index in [-0.39, 0.29) is 18.4 Å². The van der Waals surface area contributed by atoms with Crippen LogP contribution in [0.5, 0.6) is 5.75 Å². The van der Waals surface area contributed by atoms with Crippen LogP contribution in [0.15, 0.2) is 78.9 Å². The molecule has 5 heteroatoms. The first-order valence-corrected chi connectivity index (χ1v) is 9.13. The first kappa shape index (κ1) is 17.8. The molecule has 1 heterocycles. The Morgan fingerprint density at radius 1 is 0.857 bits per heavy atom. The van der Waals surface area contributed by atoms with E-state index in [9.17, 15) is 9.59 Å². The van der Waals surface area contributed by atoms with Gasteiger partial charge in [0.25, 0.3) is 11.8 Å². The predicted molar refractivity (Wildman–Crippen MR) is 107 cm³/mol.